The Balaban J connectivity index is 1.21. The van der Waals surface area contributed by atoms with Crippen LogP contribution in [0.1, 0.15) is 34.5 Å². The number of fused-ring (bicyclic) bond motifs is 2. The molecule has 0 bridgehead atoms. The Morgan fingerprint density at radius 3 is 3.03 bits per heavy atom. The minimum absolute atomic E-state index is 0.0241. The van der Waals surface area contributed by atoms with Crippen molar-refractivity contribution in [1.82, 2.24) is 20.1 Å². The van der Waals surface area contributed by atoms with Crippen molar-refractivity contribution in [3.8, 4) is 5.75 Å². The van der Waals surface area contributed by atoms with Crippen LogP contribution in [0, 0.1) is 0 Å². The molecule has 0 aliphatic carbocycles. The van der Waals surface area contributed by atoms with E-state index in [1.807, 2.05) is 47.4 Å². The first-order valence-electron chi connectivity index (χ1n) is 11.3. The molecule has 3 heterocycles. The smallest absolute Gasteiger partial charge is 0.317 e. The van der Waals surface area contributed by atoms with E-state index in [0.717, 1.165) is 47.2 Å². The Labute approximate surface area is 197 Å². The SMILES string of the molecule is CN(C(=O)NCc1cc2cc(Cl)ccc2[nH]1)C1CCCN(C(=O)c2cccc3c2OCC3)C1. The third kappa shape index (κ3) is 4.37. The zero-order valence-electron chi connectivity index (χ0n) is 18.6. The van der Waals surface area contributed by atoms with Crippen LogP contribution in [0.2, 0.25) is 5.02 Å². The number of hydrogen-bond donors (Lipinski definition) is 2. The first kappa shape index (κ1) is 21.6. The summed E-state index contributed by atoms with van der Waals surface area (Å²) in [7, 11) is 1.79. The standard InChI is InChI=1S/C25H27ClN4O3/c1-29(25(32)27-14-19-13-17-12-18(26)7-8-22(17)28-19)20-5-3-10-30(15-20)24(31)21-6-2-4-16-9-11-33-23(16)21/h2,4,6-8,12-13,20,28H,3,5,9-11,14-15H2,1H3,(H,27,32). The molecule has 33 heavy (non-hydrogen) atoms. The number of carbonyl (C=O) groups is 2. The number of H-pyrrole nitrogens is 1. The van der Waals surface area contributed by atoms with Gasteiger partial charge in [0.25, 0.3) is 5.91 Å². The third-order valence-electron chi connectivity index (χ3n) is 6.57. The van der Waals surface area contributed by atoms with Gasteiger partial charge in [0.15, 0.2) is 0 Å². The van der Waals surface area contributed by atoms with E-state index in [-0.39, 0.29) is 18.0 Å². The number of hydrogen-bond acceptors (Lipinski definition) is 3. The molecular formula is C25H27ClN4O3. The highest BCUT2D eigenvalue weighted by Crippen LogP contribution is 2.31. The van der Waals surface area contributed by atoms with Crippen molar-refractivity contribution in [2.75, 3.05) is 26.7 Å². The van der Waals surface area contributed by atoms with Crippen molar-refractivity contribution >= 4 is 34.4 Å². The molecule has 3 amide bonds. The van der Waals surface area contributed by atoms with E-state index in [1.54, 1.807) is 11.9 Å². The second kappa shape index (κ2) is 8.98. The maximum absolute atomic E-state index is 13.2. The van der Waals surface area contributed by atoms with Gasteiger partial charge in [0.1, 0.15) is 5.75 Å². The molecule has 0 radical (unpaired) electrons. The van der Waals surface area contributed by atoms with E-state index in [9.17, 15) is 9.59 Å². The van der Waals surface area contributed by atoms with Crippen LogP contribution in [-0.2, 0) is 13.0 Å². The Hall–Kier alpha value is -3.19. The Kier molecular flexibility index (Phi) is 5.89. The molecule has 0 spiro atoms. The number of benzene rings is 2. The van der Waals surface area contributed by atoms with E-state index in [2.05, 4.69) is 10.3 Å². The quantitative estimate of drug-likeness (QED) is 0.604. The number of amides is 3. The molecule has 2 N–H and O–H groups in total. The Morgan fingerprint density at radius 2 is 2.15 bits per heavy atom. The molecule has 2 aliphatic heterocycles. The number of aromatic nitrogens is 1. The van der Waals surface area contributed by atoms with Crippen molar-refractivity contribution in [3.05, 3.63) is 64.3 Å². The molecule has 1 fully saturated rings. The molecule has 7 nitrogen and oxygen atoms in total. The van der Waals surface area contributed by atoms with Crippen LogP contribution in [0.4, 0.5) is 4.79 Å². The van der Waals surface area contributed by atoms with Crippen LogP contribution in [-0.4, -0.2) is 59.5 Å². The highest BCUT2D eigenvalue weighted by atomic mass is 35.5. The fourth-order valence-electron chi connectivity index (χ4n) is 4.73. The lowest BCUT2D eigenvalue weighted by Gasteiger charge is -2.37. The lowest BCUT2D eigenvalue weighted by Crippen LogP contribution is -2.52. The van der Waals surface area contributed by atoms with E-state index >= 15 is 0 Å². The van der Waals surface area contributed by atoms with Gasteiger partial charge >= 0.3 is 6.03 Å². The van der Waals surface area contributed by atoms with Crippen LogP contribution in [0.15, 0.2) is 42.5 Å². The monoisotopic (exact) mass is 466 g/mol. The van der Waals surface area contributed by atoms with Gasteiger partial charge in [-0.1, -0.05) is 23.7 Å². The van der Waals surface area contributed by atoms with Crippen LogP contribution in [0.3, 0.4) is 0 Å². The fraction of sp³-hybridized carbons (Fsp3) is 0.360. The van der Waals surface area contributed by atoms with Gasteiger partial charge in [-0.15, -0.1) is 0 Å². The summed E-state index contributed by atoms with van der Waals surface area (Å²) in [6.07, 6.45) is 2.56. The zero-order valence-corrected chi connectivity index (χ0v) is 19.3. The number of para-hydroxylation sites is 1. The number of rotatable bonds is 4. The fourth-order valence-corrected chi connectivity index (χ4v) is 4.91. The number of aromatic amines is 1. The molecule has 0 saturated carbocycles. The normalized spacial score (nSPS) is 17.5. The first-order chi connectivity index (χ1) is 16.0. The molecule has 1 unspecified atom stereocenters. The van der Waals surface area contributed by atoms with Crippen molar-refractivity contribution in [2.24, 2.45) is 0 Å². The number of ether oxygens (including phenoxy) is 1. The van der Waals surface area contributed by atoms with Gasteiger partial charge in [-0.3, -0.25) is 4.79 Å². The van der Waals surface area contributed by atoms with Gasteiger partial charge in [0.2, 0.25) is 0 Å². The second-order valence-corrected chi connectivity index (χ2v) is 9.17. The minimum atomic E-state index is -0.157. The van der Waals surface area contributed by atoms with Crippen molar-refractivity contribution < 1.29 is 14.3 Å². The summed E-state index contributed by atoms with van der Waals surface area (Å²) >= 11 is 6.06. The summed E-state index contributed by atoms with van der Waals surface area (Å²) in [5, 5.41) is 4.67. The summed E-state index contributed by atoms with van der Waals surface area (Å²) in [6, 6.07) is 13.2. The molecule has 3 aromatic rings. The number of likely N-dealkylation sites (tertiary alicyclic amines) is 1. The molecule has 2 aliphatic rings. The van der Waals surface area contributed by atoms with Crippen LogP contribution in [0.5, 0.6) is 5.75 Å². The van der Waals surface area contributed by atoms with Crippen molar-refractivity contribution in [3.63, 3.8) is 0 Å². The summed E-state index contributed by atoms with van der Waals surface area (Å²) in [5.74, 6) is 0.694. The Morgan fingerprint density at radius 1 is 1.27 bits per heavy atom. The average Bonchev–Trinajstić information content (AvgIpc) is 3.47. The highest BCUT2D eigenvalue weighted by Gasteiger charge is 2.31. The van der Waals surface area contributed by atoms with Crippen molar-refractivity contribution in [1.29, 1.82) is 0 Å². The Bertz CT molecular complexity index is 1210. The number of likely N-dealkylation sites (N-methyl/N-ethyl adjacent to an activating group) is 1. The average molecular weight is 467 g/mol. The predicted octanol–water partition coefficient (Wildman–Crippen LogP) is 4.20. The largest absolute Gasteiger partial charge is 0.492 e. The molecular weight excluding hydrogens is 440 g/mol. The van der Waals surface area contributed by atoms with E-state index in [0.29, 0.717) is 36.8 Å². The van der Waals surface area contributed by atoms with E-state index in [4.69, 9.17) is 16.3 Å². The molecule has 2 aromatic carbocycles. The van der Waals surface area contributed by atoms with Gasteiger partial charge in [-0.25, -0.2) is 4.79 Å². The van der Waals surface area contributed by atoms with Crippen molar-refractivity contribution in [2.45, 2.75) is 31.8 Å². The van der Waals surface area contributed by atoms with Crippen LogP contribution < -0.4 is 10.1 Å². The summed E-state index contributed by atoms with van der Waals surface area (Å²) in [6.45, 7) is 2.20. The minimum Gasteiger partial charge on any atom is -0.492 e. The number of carbonyl (C=O) groups excluding carboxylic acids is 2. The van der Waals surface area contributed by atoms with Gasteiger partial charge in [-0.2, -0.15) is 0 Å². The number of nitrogens with one attached hydrogen (secondary N) is 2. The lowest BCUT2D eigenvalue weighted by molar-refractivity contribution is 0.0633. The topological polar surface area (TPSA) is 77.7 Å². The molecule has 1 aromatic heterocycles. The molecule has 8 heteroatoms. The van der Waals surface area contributed by atoms with Gasteiger partial charge < -0.3 is 24.8 Å². The predicted molar refractivity (Wildman–Crippen MR) is 128 cm³/mol. The maximum Gasteiger partial charge on any atom is 0.317 e. The molecule has 5 rings (SSSR count). The van der Waals surface area contributed by atoms with Crippen LogP contribution >= 0.6 is 11.6 Å². The molecule has 1 saturated heterocycles. The van der Waals surface area contributed by atoms with Gasteiger partial charge in [0.05, 0.1) is 24.8 Å². The zero-order chi connectivity index (χ0) is 22.9. The molecule has 172 valence electrons. The maximum atomic E-state index is 13.2. The first-order valence-corrected chi connectivity index (χ1v) is 11.7. The van der Waals surface area contributed by atoms with E-state index < -0.39 is 0 Å². The van der Waals surface area contributed by atoms with Gasteiger partial charge in [0, 0.05) is 48.2 Å². The molecule has 1 atom stereocenters. The van der Waals surface area contributed by atoms with Crippen LogP contribution in [0.25, 0.3) is 10.9 Å². The van der Waals surface area contributed by atoms with E-state index in [1.165, 1.54) is 0 Å². The number of piperidine rings is 1. The summed E-state index contributed by atoms with van der Waals surface area (Å²) < 4.78 is 5.72. The third-order valence-corrected chi connectivity index (χ3v) is 6.80. The number of nitrogens with zero attached hydrogens (tertiary/aromatic N) is 2. The lowest BCUT2D eigenvalue weighted by atomic mass is 10.0. The summed E-state index contributed by atoms with van der Waals surface area (Å²) in [4.78, 5) is 32.9. The van der Waals surface area contributed by atoms with Gasteiger partial charge in [-0.05, 0) is 48.7 Å². The number of urea groups is 1. The second-order valence-electron chi connectivity index (χ2n) is 8.74. The highest BCUT2D eigenvalue weighted by molar-refractivity contribution is 6.31. The number of halogens is 1. The summed E-state index contributed by atoms with van der Waals surface area (Å²) in [5.41, 5.74) is 3.60.